The Hall–Kier alpha value is -4.09. The molecule has 2 amide bonds. The lowest BCUT2D eigenvalue weighted by Gasteiger charge is -2.11. The highest BCUT2D eigenvalue weighted by Crippen LogP contribution is 2.49. The average molecular weight is 710 g/mol. The third-order valence-electron chi connectivity index (χ3n) is 10.4. The Balaban J connectivity index is 1.31. The SMILES string of the molecule is CCCCCCCCCCCCCCCCCCn1c(C)c(C2=C(c3c(OC)sc4ccccc34)C(=O)N(CC#N)C2=O)c2cc(OC)ccc21. The number of hydrogen-bond acceptors (Lipinski definition) is 6. The number of nitriles is 1. The van der Waals surface area contributed by atoms with Crippen molar-refractivity contribution in [3.8, 4) is 16.9 Å². The largest absolute Gasteiger partial charge is 0.497 e. The van der Waals surface area contributed by atoms with Crippen LogP contribution in [0.1, 0.15) is 126 Å². The molecule has 0 spiro atoms. The van der Waals surface area contributed by atoms with Crippen molar-refractivity contribution < 1.29 is 19.1 Å². The Kier molecular flexibility index (Phi) is 14.2. The number of thiophene rings is 1. The van der Waals surface area contributed by atoms with E-state index in [1.54, 1.807) is 14.2 Å². The molecule has 8 heteroatoms. The van der Waals surface area contributed by atoms with Crippen molar-refractivity contribution in [2.45, 2.75) is 123 Å². The van der Waals surface area contributed by atoms with Crippen molar-refractivity contribution in [2.24, 2.45) is 0 Å². The Morgan fingerprint density at radius 3 is 1.84 bits per heavy atom. The van der Waals surface area contributed by atoms with E-state index in [-0.39, 0.29) is 12.1 Å². The zero-order chi connectivity index (χ0) is 36.2. The predicted octanol–water partition coefficient (Wildman–Crippen LogP) is 11.2. The molecule has 0 N–H and O–H groups in total. The second kappa shape index (κ2) is 18.9. The van der Waals surface area contributed by atoms with Gasteiger partial charge in [-0.2, -0.15) is 5.26 Å². The molecule has 0 saturated heterocycles. The fraction of sp³-hybridized carbons (Fsp3) is 0.512. The van der Waals surface area contributed by atoms with Crippen LogP contribution in [0, 0.1) is 18.3 Å². The van der Waals surface area contributed by atoms with Crippen LogP contribution in [-0.2, 0) is 16.1 Å². The second-order valence-corrected chi connectivity index (χ2v) is 14.9. The van der Waals surface area contributed by atoms with Crippen molar-refractivity contribution in [1.29, 1.82) is 5.26 Å². The molecule has 0 bridgehead atoms. The Morgan fingerprint density at radius 2 is 1.27 bits per heavy atom. The maximum absolute atomic E-state index is 14.2. The van der Waals surface area contributed by atoms with Crippen LogP contribution in [0.25, 0.3) is 32.1 Å². The van der Waals surface area contributed by atoms with Crippen LogP contribution in [0.5, 0.6) is 10.8 Å². The number of methoxy groups -OCH3 is 2. The van der Waals surface area contributed by atoms with Crippen molar-refractivity contribution in [2.75, 3.05) is 20.8 Å². The molecule has 4 aromatic rings. The zero-order valence-corrected chi connectivity index (χ0v) is 32.0. The minimum Gasteiger partial charge on any atom is -0.497 e. The second-order valence-electron chi connectivity index (χ2n) is 13.9. The van der Waals surface area contributed by atoms with E-state index in [0.717, 1.165) is 51.0 Å². The highest BCUT2D eigenvalue weighted by Gasteiger charge is 2.43. The summed E-state index contributed by atoms with van der Waals surface area (Å²) >= 11 is 1.44. The fourth-order valence-electron chi connectivity index (χ4n) is 7.67. The first-order valence-corrected chi connectivity index (χ1v) is 20.0. The maximum atomic E-state index is 14.2. The molecule has 272 valence electrons. The van der Waals surface area contributed by atoms with Crippen molar-refractivity contribution in [1.82, 2.24) is 9.47 Å². The summed E-state index contributed by atoms with van der Waals surface area (Å²) in [5.41, 5.74) is 3.84. The smallest absolute Gasteiger partial charge is 0.263 e. The van der Waals surface area contributed by atoms with Gasteiger partial charge >= 0.3 is 0 Å². The number of benzene rings is 2. The van der Waals surface area contributed by atoms with Gasteiger partial charge in [-0.25, -0.2) is 0 Å². The number of fused-ring (bicyclic) bond motifs is 2. The number of nitrogens with zero attached hydrogens (tertiary/aromatic N) is 3. The first-order chi connectivity index (χ1) is 25.0. The van der Waals surface area contributed by atoms with Gasteiger partial charge in [-0.1, -0.05) is 133 Å². The lowest BCUT2D eigenvalue weighted by atomic mass is 9.93. The molecule has 0 radical (unpaired) electrons. The lowest BCUT2D eigenvalue weighted by molar-refractivity contribution is -0.135. The molecule has 2 aromatic carbocycles. The Morgan fingerprint density at radius 1 is 0.706 bits per heavy atom. The van der Waals surface area contributed by atoms with Gasteiger partial charge in [-0.05, 0) is 37.6 Å². The number of carbonyl (C=O) groups is 2. The first-order valence-electron chi connectivity index (χ1n) is 19.2. The Labute approximate surface area is 308 Å². The predicted molar refractivity (Wildman–Crippen MR) is 210 cm³/mol. The number of rotatable bonds is 22. The van der Waals surface area contributed by atoms with E-state index in [9.17, 15) is 14.9 Å². The molecule has 2 aromatic heterocycles. The van der Waals surface area contributed by atoms with Gasteiger partial charge in [-0.3, -0.25) is 14.5 Å². The van der Waals surface area contributed by atoms with Crippen LogP contribution >= 0.6 is 11.3 Å². The van der Waals surface area contributed by atoms with Crippen LogP contribution < -0.4 is 9.47 Å². The number of hydrogen-bond donors (Lipinski definition) is 0. The van der Waals surface area contributed by atoms with Crippen LogP contribution in [0.15, 0.2) is 42.5 Å². The van der Waals surface area contributed by atoms with E-state index in [4.69, 9.17) is 9.47 Å². The normalized spacial score (nSPS) is 13.3. The number of unbranched alkanes of at least 4 members (excludes halogenated alkanes) is 15. The number of carbonyl (C=O) groups excluding carboxylic acids is 2. The summed E-state index contributed by atoms with van der Waals surface area (Å²) in [5.74, 6) is -0.254. The summed E-state index contributed by atoms with van der Waals surface area (Å²) in [4.78, 5) is 29.4. The van der Waals surface area contributed by atoms with E-state index in [2.05, 4.69) is 11.5 Å². The standard InChI is InChI=1S/C43H55N3O4S/c1-5-6-7-8-9-10-11-12-13-14-15-16-17-18-19-22-28-45-31(2)37(34-30-32(49-3)25-26-35(34)45)39-40(42(48)46(29-27-44)41(39)47)38-33-23-20-21-24-36(33)51-43(38)50-4/h20-21,23-26,30H,5-19,22,28-29H2,1-4H3. The van der Waals surface area contributed by atoms with Gasteiger partial charge in [0.1, 0.15) is 12.3 Å². The van der Waals surface area contributed by atoms with Gasteiger partial charge in [0.05, 0.1) is 31.4 Å². The van der Waals surface area contributed by atoms with E-state index >= 15 is 0 Å². The van der Waals surface area contributed by atoms with Gasteiger partial charge in [0.15, 0.2) is 5.06 Å². The van der Waals surface area contributed by atoms with Gasteiger partial charge < -0.3 is 14.0 Å². The molecular weight excluding hydrogens is 655 g/mol. The molecule has 0 aliphatic carbocycles. The van der Waals surface area contributed by atoms with Crippen molar-refractivity contribution >= 4 is 55.3 Å². The summed E-state index contributed by atoms with van der Waals surface area (Å²) in [5, 5.41) is 11.9. The van der Waals surface area contributed by atoms with E-state index in [0.29, 0.717) is 27.5 Å². The average Bonchev–Trinajstić information content (AvgIpc) is 3.73. The number of imide groups is 1. The molecule has 0 saturated carbocycles. The van der Waals surface area contributed by atoms with Crippen molar-refractivity contribution in [3.63, 3.8) is 0 Å². The summed E-state index contributed by atoms with van der Waals surface area (Å²) < 4.78 is 14.7. The van der Waals surface area contributed by atoms with E-state index < -0.39 is 11.8 Å². The molecular formula is C43H55N3O4S. The fourth-order valence-corrected chi connectivity index (χ4v) is 8.69. The number of aromatic nitrogens is 1. The van der Waals surface area contributed by atoms with Crippen molar-refractivity contribution in [3.05, 3.63) is 59.3 Å². The minimum atomic E-state index is -0.473. The maximum Gasteiger partial charge on any atom is 0.263 e. The Bertz CT molecular complexity index is 1880. The quantitative estimate of drug-likeness (QED) is 0.0461. The van der Waals surface area contributed by atoms with Crippen LogP contribution in [0.2, 0.25) is 0 Å². The number of aryl methyl sites for hydroxylation is 1. The highest BCUT2D eigenvalue weighted by molar-refractivity contribution is 7.21. The molecule has 1 aliphatic rings. The molecule has 0 fully saturated rings. The molecule has 0 atom stereocenters. The van der Waals surface area contributed by atoms with Gasteiger partial charge in [0.2, 0.25) is 0 Å². The van der Waals surface area contributed by atoms with Crippen LogP contribution in [0.4, 0.5) is 0 Å². The number of amides is 2. The molecule has 3 heterocycles. The molecule has 7 nitrogen and oxygen atoms in total. The number of ether oxygens (including phenoxy) is 2. The summed E-state index contributed by atoms with van der Waals surface area (Å²) in [7, 11) is 3.22. The summed E-state index contributed by atoms with van der Waals surface area (Å²) in [6, 6.07) is 15.8. The summed E-state index contributed by atoms with van der Waals surface area (Å²) in [6.07, 6.45) is 21.1. The lowest BCUT2D eigenvalue weighted by Crippen LogP contribution is -2.31. The van der Waals surface area contributed by atoms with Crippen LogP contribution in [-0.4, -0.2) is 42.0 Å². The van der Waals surface area contributed by atoms with Gasteiger partial charge in [-0.15, -0.1) is 0 Å². The first kappa shape index (κ1) is 38.1. The van der Waals surface area contributed by atoms with Crippen LogP contribution in [0.3, 0.4) is 0 Å². The molecule has 0 unspecified atom stereocenters. The topological polar surface area (TPSA) is 84.6 Å². The molecule has 1 aliphatic heterocycles. The van der Waals surface area contributed by atoms with E-state index in [1.165, 1.54) is 101 Å². The monoisotopic (exact) mass is 709 g/mol. The summed E-state index contributed by atoms with van der Waals surface area (Å²) in [6.45, 7) is 4.80. The zero-order valence-electron chi connectivity index (χ0n) is 31.2. The highest BCUT2D eigenvalue weighted by atomic mass is 32.1. The molecule has 51 heavy (non-hydrogen) atoms. The molecule has 5 rings (SSSR count). The third kappa shape index (κ3) is 8.69. The van der Waals surface area contributed by atoms with E-state index in [1.807, 2.05) is 55.5 Å². The van der Waals surface area contributed by atoms with Gasteiger partial charge in [0, 0.05) is 44.4 Å². The van der Waals surface area contributed by atoms with Gasteiger partial charge in [0.25, 0.3) is 11.8 Å². The minimum absolute atomic E-state index is 0.289. The third-order valence-corrected chi connectivity index (χ3v) is 11.5.